The molecule has 1 amide bonds. The van der Waals surface area contributed by atoms with Crippen molar-refractivity contribution in [3.05, 3.63) is 63.6 Å². The molecule has 0 radical (unpaired) electrons. The Kier molecular flexibility index (Phi) is 6.54. The minimum atomic E-state index is -0.247. The maximum absolute atomic E-state index is 13.3. The fourth-order valence-corrected chi connectivity index (χ4v) is 4.87. The van der Waals surface area contributed by atoms with Gasteiger partial charge in [0.1, 0.15) is 5.75 Å². The van der Waals surface area contributed by atoms with Crippen molar-refractivity contribution in [2.75, 3.05) is 21.2 Å². The van der Waals surface area contributed by atoms with Crippen molar-refractivity contribution >= 4 is 29.1 Å². The number of nitrogens with one attached hydrogen (secondary N) is 1. The van der Waals surface area contributed by atoms with E-state index < -0.39 is 0 Å². The molecule has 2 aromatic carbocycles. The highest BCUT2D eigenvalue weighted by Crippen LogP contribution is 2.44. The molecule has 150 valence electrons. The van der Waals surface area contributed by atoms with Crippen molar-refractivity contribution in [1.29, 1.82) is 0 Å². The van der Waals surface area contributed by atoms with E-state index in [9.17, 15) is 4.79 Å². The van der Waals surface area contributed by atoms with Crippen molar-refractivity contribution in [3.63, 3.8) is 0 Å². The van der Waals surface area contributed by atoms with Gasteiger partial charge < -0.3 is 15.0 Å². The highest BCUT2D eigenvalue weighted by molar-refractivity contribution is 6.36. The second-order valence-corrected chi connectivity index (χ2v) is 8.33. The lowest BCUT2D eigenvalue weighted by atomic mass is 9.82. The summed E-state index contributed by atoms with van der Waals surface area (Å²) in [5, 5.41) is 3.98. The Bertz CT molecular complexity index is 834. The first-order valence-electron chi connectivity index (χ1n) is 9.45. The number of methoxy groups -OCH3 is 1. The number of carbonyl (C=O) groups excluding carboxylic acids is 1. The fraction of sp³-hybridized carbons (Fsp3) is 0.409. The number of hydrogen-bond donors (Lipinski definition) is 1. The Morgan fingerprint density at radius 2 is 1.79 bits per heavy atom. The van der Waals surface area contributed by atoms with E-state index in [4.69, 9.17) is 27.9 Å². The van der Waals surface area contributed by atoms with Gasteiger partial charge in [-0.1, -0.05) is 66.4 Å². The third-order valence-electron chi connectivity index (χ3n) is 5.76. The standard InChI is InChI=1S/C22H26Cl2N2O2/c1-26(2)22(11-7-8-12-22)20(15-9-5-4-6-10-15)25-21(27)17-13-16(23)14-18(24)19(17)28-3/h4-6,9-10,13-14,20H,7-8,11-12H2,1-3H3,(H,25,27). The van der Waals surface area contributed by atoms with Crippen LogP contribution in [0.5, 0.6) is 5.75 Å². The number of likely N-dealkylation sites (N-methyl/N-ethyl adjacent to an activating group) is 1. The van der Waals surface area contributed by atoms with Crippen LogP contribution in [0.3, 0.4) is 0 Å². The van der Waals surface area contributed by atoms with Crippen LogP contribution >= 0.6 is 23.2 Å². The molecule has 0 spiro atoms. The van der Waals surface area contributed by atoms with Gasteiger partial charge in [-0.05, 0) is 44.6 Å². The summed E-state index contributed by atoms with van der Waals surface area (Å²) in [4.78, 5) is 15.6. The SMILES string of the molecule is COc1c(Cl)cc(Cl)cc1C(=O)NC(c1ccccc1)C1(N(C)C)CCCC1. The molecule has 6 heteroatoms. The number of amides is 1. The summed E-state index contributed by atoms with van der Waals surface area (Å²) in [5.41, 5.74) is 1.28. The van der Waals surface area contributed by atoms with Gasteiger partial charge in [-0.3, -0.25) is 4.79 Å². The number of rotatable bonds is 6. The maximum atomic E-state index is 13.3. The highest BCUT2D eigenvalue weighted by atomic mass is 35.5. The van der Waals surface area contributed by atoms with Crippen molar-refractivity contribution in [2.24, 2.45) is 0 Å². The Morgan fingerprint density at radius 1 is 1.14 bits per heavy atom. The zero-order chi connectivity index (χ0) is 20.3. The first-order valence-corrected chi connectivity index (χ1v) is 10.2. The summed E-state index contributed by atoms with van der Waals surface area (Å²) in [6, 6.07) is 13.1. The van der Waals surface area contributed by atoms with Gasteiger partial charge in [0.15, 0.2) is 0 Å². The summed E-state index contributed by atoms with van der Waals surface area (Å²) in [5.74, 6) is 0.0870. The minimum absolute atomic E-state index is 0.146. The molecule has 1 aliphatic rings. The van der Waals surface area contributed by atoms with E-state index in [1.165, 1.54) is 7.11 Å². The fourth-order valence-electron chi connectivity index (χ4n) is 4.30. The summed E-state index contributed by atoms with van der Waals surface area (Å²) >= 11 is 12.4. The minimum Gasteiger partial charge on any atom is -0.494 e. The van der Waals surface area contributed by atoms with Gasteiger partial charge in [0.05, 0.1) is 23.7 Å². The summed E-state index contributed by atoms with van der Waals surface area (Å²) in [7, 11) is 5.67. The number of carbonyl (C=O) groups is 1. The largest absolute Gasteiger partial charge is 0.494 e. The molecular formula is C22H26Cl2N2O2. The number of benzene rings is 2. The van der Waals surface area contributed by atoms with Crippen LogP contribution in [0.1, 0.15) is 47.6 Å². The van der Waals surface area contributed by atoms with E-state index in [0.29, 0.717) is 21.4 Å². The molecule has 0 aliphatic heterocycles. The number of ether oxygens (including phenoxy) is 1. The molecule has 1 N–H and O–H groups in total. The van der Waals surface area contributed by atoms with E-state index in [-0.39, 0.29) is 17.5 Å². The maximum Gasteiger partial charge on any atom is 0.255 e. The van der Waals surface area contributed by atoms with E-state index >= 15 is 0 Å². The van der Waals surface area contributed by atoms with Crippen LogP contribution < -0.4 is 10.1 Å². The van der Waals surface area contributed by atoms with Crippen molar-refractivity contribution in [1.82, 2.24) is 10.2 Å². The average molecular weight is 421 g/mol. The third kappa shape index (κ3) is 4.00. The molecule has 2 aromatic rings. The van der Waals surface area contributed by atoms with Crippen LogP contribution in [0.25, 0.3) is 0 Å². The molecule has 1 atom stereocenters. The van der Waals surface area contributed by atoms with Gasteiger partial charge >= 0.3 is 0 Å². The lowest BCUT2D eigenvalue weighted by Gasteiger charge is -2.44. The molecule has 0 saturated heterocycles. The molecule has 1 fully saturated rings. The monoisotopic (exact) mass is 420 g/mol. The molecule has 0 heterocycles. The smallest absolute Gasteiger partial charge is 0.255 e. The van der Waals surface area contributed by atoms with E-state index in [1.54, 1.807) is 12.1 Å². The Hall–Kier alpha value is -1.75. The van der Waals surface area contributed by atoms with Crippen molar-refractivity contribution in [2.45, 2.75) is 37.3 Å². The van der Waals surface area contributed by atoms with Crippen LogP contribution in [0.4, 0.5) is 0 Å². The number of hydrogen-bond acceptors (Lipinski definition) is 3. The molecule has 3 rings (SSSR count). The summed E-state index contributed by atoms with van der Waals surface area (Å²) < 4.78 is 5.38. The summed E-state index contributed by atoms with van der Waals surface area (Å²) in [6.45, 7) is 0. The second-order valence-electron chi connectivity index (χ2n) is 7.49. The van der Waals surface area contributed by atoms with E-state index in [0.717, 1.165) is 31.2 Å². The number of halogens is 2. The molecule has 4 nitrogen and oxygen atoms in total. The predicted molar refractivity (Wildman–Crippen MR) is 115 cm³/mol. The van der Waals surface area contributed by atoms with Gasteiger partial charge in [0, 0.05) is 10.6 Å². The second kappa shape index (κ2) is 8.73. The topological polar surface area (TPSA) is 41.6 Å². The van der Waals surface area contributed by atoms with Crippen LogP contribution in [0, 0.1) is 0 Å². The van der Waals surface area contributed by atoms with Crippen molar-refractivity contribution in [3.8, 4) is 5.75 Å². The van der Waals surface area contributed by atoms with E-state index in [1.807, 2.05) is 18.2 Å². The molecule has 1 unspecified atom stereocenters. The van der Waals surface area contributed by atoms with Gasteiger partial charge in [-0.2, -0.15) is 0 Å². The Labute approximate surface area is 176 Å². The zero-order valence-electron chi connectivity index (χ0n) is 16.5. The Balaban J connectivity index is 2.03. The molecule has 0 bridgehead atoms. The quantitative estimate of drug-likeness (QED) is 0.684. The van der Waals surface area contributed by atoms with Crippen LogP contribution in [-0.4, -0.2) is 37.6 Å². The zero-order valence-corrected chi connectivity index (χ0v) is 18.0. The molecule has 1 aliphatic carbocycles. The van der Waals surface area contributed by atoms with Gasteiger partial charge in [0.2, 0.25) is 0 Å². The summed E-state index contributed by atoms with van der Waals surface area (Å²) in [6.07, 6.45) is 4.33. The first-order chi connectivity index (χ1) is 13.4. The lowest BCUT2D eigenvalue weighted by Crippen LogP contribution is -2.53. The van der Waals surface area contributed by atoms with Crippen LogP contribution in [-0.2, 0) is 0 Å². The van der Waals surface area contributed by atoms with Gasteiger partial charge in [-0.25, -0.2) is 0 Å². The molecule has 1 saturated carbocycles. The predicted octanol–water partition coefficient (Wildman–Crippen LogP) is 5.35. The lowest BCUT2D eigenvalue weighted by molar-refractivity contribution is 0.0764. The van der Waals surface area contributed by atoms with Gasteiger partial charge in [-0.15, -0.1) is 0 Å². The number of nitrogens with zero attached hydrogens (tertiary/aromatic N) is 1. The third-order valence-corrected chi connectivity index (χ3v) is 6.26. The molecule has 0 aromatic heterocycles. The first kappa shape index (κ1) is 21.0. The molecule has 28 heavy (non-hydrogen) atoms. The van der Waals surface area contributed by atoms with Gasteiger partial charge in [0.25, 0.3) is 5.91 Å². The van der Waals surface area contributed by atoms with Crippen molar-refractivity contribution < 1.29 is 9.53 Å². The average Bonchev–Trinajstić information content (AvgIpc) is 3.17. The van der Waals surface area contributed by atoms with Crippen LogP contribution in [0.15, 0.2) is 42.5 Å². The van der Waals surface area contributed by atoms with Crippen LogP contribution in [0.2, 0.25) is 10.0 Å². The Morgan fingerprint density at radius 3 is 2.36 bits per heavy atom. The molecular weight excluding hydrogens is 395 g/mol. The highest BCUT2D eigenvalue weighted by Gasteiger charge is 2.45. The normalized spacial score (nSPS) is 16.8. The van der Waals surface area contributed by atoms with E-state index in [2.05, 4.69) is 36.4 Å².